The lowest BCUT2D eigenvalue weighted by atomic mass is 10.1. The first-order valence-corrected chi connectivity index (χ1v) is 8.85. The second kappa shape index (κ2) is 7.16. The zero-order valence-corrected chi connectivity index (χ0v) is 15.7. The molecule has 1 amide bonds. The lowest BCUT2D eigenvalue weighted by molar-refractivity contribution is 0.102. The molecule has 4 rings (SSSR count). The number of anilines is 1. The molecule has 7 nitrogen and oxygen atoms in total. The second-order valence-electron chi connectivity index (χ2n) is 6.17. The molecule has 2 heterocycles. The Morgan fingerprint density at radius 1 is 1.11 bits per heavy atom. The minimum atomic E-state index is -0.335. The number of nitrogens with zero attached hydrogens (tertiary/aromatic N) is 3. The van der Waals surface area contributed by atoms with Crippen LogP contribution in [0.5, 0.6) is 0 Å². The molecule has 0 radical (unpaired) electrons. The molecule has 2 aromatic heterocycles. The van der Waals surface area contributed by atoms with Crippen LogP contribution in [0.25, 0.3) is 22.3 Å². The number of aromatic amines is 1. The predicted molar refractivity (Wildman–Crippen MR) is 110 cm³/mol. The first-order chi connectivity index (χ1) is 13.5. The summed E-state index contributed by atoms with van der Waals surface area (Å²) in [5, 5.41) is 3.22. The minimum Gasteiger partial charge on any atom is -0.332 e. The Labute approximate surface area is 164 Å². The van der Waals surface area contributed by atoms with Crippen molar-refractivity contribution in [2.75, 3.05) is 5.32 Å². The van der Waals surface area contributed by atoms with Gasteiger partial charge in [-0.2, -0.15) is 0 Å². The maximum absolute atomic E-state index is 12.6. The van der Waals surface area contributed by atoms with Crippen molar-refractivity contribution in [3.8, 4) is 11.4 Å². The molecule has 4 aromatic rings. The Kier molecular flexibility index (Phi) is 4.54. The maximum atomic E-state index is 12.6. The number of aromatic nitrogens is 4. The van der Waals surface area contributed by atoms with E-state index >= 15 is 0 Å². The van der Waals surface area contributed by atoms with E-state index in [1.165, 1.54) is 4.57 Å². The summed E-state index contributed by atoms with van der Waals surface area (Å²) in [5.41, 5.74) is 2.05. The van der Waals surface area contributed by atoms with Crippen molar-refractivity contribution in [2.45, 2.75) is 0 Å². The molecule has 0 fully saturated rings. The average molecular weight is 389 g/mol. The number of rotatable bonds is 3. The van der Waals surface area contributed by atoms with E-state index in [1.54, 1.807) is 37.6 Å². The average Bonchev–Trinajstić information content (AvgIpc) is 2.73. The molecule has 0 saturated heterocycles. The van der Waals surface area contributed by atoms with E-state index in [1.807, 2.05) is 30.3 Å². The summed E-state index contributed by atoms with van der Waals surface area (Å²) < 4.78 is 1.64. The first kappa shape index (κ1) is 17.7. The van der Waals surface area contributed by atoms with Gasteiger partial charge in [-0.15, -0.1) is 0 Å². The Morgan fingerprint density at radius 3 is 2.54 bits per heavy atom. The zero-order chi connectivity index (χ0) is 19.7. The number of nitrogens with one attached hydrogen (secondary N) is 2. The molecule has 0 spiro atoms. The maximum Gasteiger partial charge on any atom is 0.261 e. The number of fused-ring (bicyclic) bond motifs is 1. The zero-order valence-electron chi connectivity index (χ0n) is 14.8. The fourth-order valence-corrected chi connectivity index (χ4v) is 2.97. The van der Waals surface area contributed by atoms with Crippen molar-refractivity contribution in [1.82, 2.24) is 19.5 Å². The van der Waals surface area contributed by atoms with E-state index < -0.39 is 0 Å². The number of carbonyl (C=O) groups excluding carboxylic acids is 1. The summed E-state index contributed by atoms with van der Waals surface area (Å²) in [6, 6.07) is 14.4. The number of carbonyl (C=O) groups is 1. The fourth-order valence-electron chi connectivity index (χ4n) is 2.78. The van der Waals surface area contributed by atoms with Crippen molar-refractivity contribution in [1.29, 1.82) is 0 Å². The molecule has 0 aliphatic rings. The van der Waals surface area contributed by atoms with E-state index in [0.29, 0.717) is 32.7 Å². The normalized spacial score (nSPS) is 10.8. The van der Waals surface area contributed by atoms with E-state index in [2.05, 4.69) is 20.3 Å². The summed E-state index contributed by atoms with van der Waals surface area (Å²) in [6.07, 6.45) is 3.11. The first-order valence-electron chi connectivity index (χ1n) is 8.45. The van der Waals surface area contributed by atoms with Gasteiger partial charge in [0.1, 0.15) is 0 Å². The SMILES string of the molecule is Cn1c(=S)[nH]c2cc(C(=O)Nc3cnc(-c4ccccc4)nc3)ccc2c1=O. The molecule has 0 bridgehead atoms. The Morgan fingerprint density at radius 2 is 1.82 bits per heavy atom. The van der Waals surface area contributed by atoms with Gasteiger partial charge in [0, 0.05) is 18.2 Å². The summed E-state index contributed by atoms with van der Waals surface area (Å²) in [7, 11) is 1.60. The minimum absolute atomic E-state index is 0.212. The van der Waals surface area contributed by atoms with E-state index in [9.17, 15) is 9.59 Å². The van der Waals surface area contributed by atoms with E-state index in [0.717, 1.165) is 5.56 Å². The van der Waals surface area contributed by atoms with Gasteiger partial charge in [0.15, 0.2) is 10.6 Å². The molecular formula is C20H15N5O2S. The van der Waals surface area contributed by atoms with Gasteiger partial charge < -0.3 is 10.3 Å². The summed E-state index contributed by atoms with van der Waals surface area (Å²) in [4.78, 5) is 36.3. The van der Waals surface area contributed by atoms with Crippen molar-refractivity contribution in [3.63, 3.8) is 0 Å². The van der Waals surface area contributed by atoms with E-state index in [-0.39, 0.29) is 11.5 Å². The number of hydrogen-bond acceptors (Lipinski definition) is 5. The Balaban J connectivity index is 1.59. The van der Waals surface area contributed by atoms with Crippen LogP contribution in [0.15, 0.2) is 65.7 Å². The third-order valence-corrected chi connectivity index (χ3v) is 4.68. The van der Waals surface area contributed by atoms with Crippen LogP contribution in [-0.4, -0.2) is 25.4 Å². The predicted octanol–water partition coefficient (Wildman–Crippen LogP) is 3.31. The van der Waals surface area contributed by atoms with Crippen molar-refractivity contribution in [3.05, 3.63) is 81.6 Å². The third kappa shape index (κ3) is 3.33. The highest BCUT2D eigenvalue weighted by atomic mass is 32.1. The Bertz CT molecular complexity index is 1290. The highest BCUT2D eigenvalue weighted by Crippen LogP contribution is 2.16. The molecule has 28 heavy (non-hydrogen) atoms. The molecule has 2 N–H and O–H groups in total. The molecule has 8 heteroatoms. The Hall–Kier alpha value is -3.65. The van der Waals surface area contributed by atoms with Crippen molar-refractivity contribution < 1.29 is 4.79 Å². The van der Waals surface area contributed by atoms with Crippen LogP contribution in [-0.2, 0) is 7.05 Å². The molecule has 0 atom stereocenters. The summed E-state index contributed by atoms with van der Waals surface area (Å²) in [6.45, 7) is 0. The van der Waals surface area contributed by atoms with Crippen LogP contribution < -0.4 is 10.9 Å². The standard InChI is InChI=1S/C20H15N5O2S/c1-25-19(27)15-8-7-13(9-16(15)24-20(25)28)18(26)23-14-10-21-17(22-11-14)12-5-3-2-4-6-12/h2-11H,1H3,(H,23,26)(H,24,28). The number of hydrogen-bond donors (Lipinski definition) is 2. The topological polar surface area (TPSA) is 92.7 Å². The van der Waals surface area contributed by atoms with Gasteiger partial charge in [0.25, 0.3) is 11.5 Å². The lowest BCUT2D eigenvalue weighted by Gasteiger charge is -2.07. The van der Waals surface area contributed by atoms with Gasteiger partial charge in [0.05, 0.1) is 29.0 Å². The van der Waals surface area contributed by atoms with Gasteiger partial charge in [-0.3, -0.25) is 14.2 Å². The number of H-pyrrole nitrogens is 1. The smallest absolute Gasteiger partial charge is 0.261 e. The summed E-state index contributed by atoms with van der Waals surface area (Å²) >= 11 is 5.12. The number of amides is 1. The van der Waals surface area contributed by atoms with Crippen molar-refractivity contribution in [2.24, 2.45) is 7.05 Å². The fraction of sp³-hybridized carbons (Fsp3) is 0.0500. The molecule has 0 saturated carbocycles. The van der Waals surface area contributed by atoms with Gasteiger partial charge >= 0.3 is 0 Å². The monoisotopic (exact) mass is 389 g/mol. The molecule has 138 valence electrons. The third-order valence-electron chi connectivity index (χ3n) is 4.30. The van der Waals surface area contributed by atoms with Crippen molar-refractivity contribution >= 4 is 34.7 Å². The van der Waals surface area contributed by atoms with Gasteiger partial charge in [-0.05, 0) is 30.4 Å². The van der Waals surface area contributed by atoms with Crippen LogP contribution in [0.1, 0.15) is 10.4 Å². The van der Waals surface area contributed by atoms with Gasteiger partial charge in [0.2, 0.25) is 0 Å². The number of benzene rings is 2. The van der Waals surface area contributed by atoms with E-state index in [4.69, 9.17) is 12.2 Å². The molecule has 0 aliphatic carbocycles. The largest absolute Gasteiger partial charge is 0.332 e. The van der Waals surface area contributed by atoms with Crippen LogP contribution in [0.3, 0.4) is 0 Å². The van der Waals surface area contributed by atoms with Gasteiger partial charge in [-0.1, -0.05) is 30.3 Å². The quantitative estimate of drug-likeness (QED) is 0.525. The van der Waals surface area contributed by atoms with Gasteiger partial charge in [-0.25, -0.2) is 9.97 Å². The summed E-state index contributed by atoms with van der Waals surface area (Å²) in [5.74, 6) is 0.241. The van der Waals surface area contributed by atoms with Crippen LogP contribution in [0, 0.1) is 4.77 Å². The molecule has 2 aromatic carbocycles. The molecule has 0 aliphatic heterocycles. The highest BCUT2D eigenvalue weighted by molar-refractivity contribution is 7.71. The van der Waals surface area contributed by atoms with Crippen LogP contribution >= 0.6 is 12.2 Å². The molecular weight excluding hydrogens is 374 g/mol. The lowest BCUT2D eigenvalue weighted by Crippen LogP contribution is -2.19. The molecule has 0 unspecified atom stereocenters. The van der Waals surface area contributed by atoms with Crippen LogP contribution in [0.2, 0.25) is 0 Å². The van der Waals surface area contributed by atoms with Crippen LogP contribution in [0.4, 0.5) is 5.69 Å². The second-order valence-corrected chi connectivity index (χ2v) is 6.56. The highest BCUT2D eigenvalue weighted by Gasteiger charge is 2.10.